The fourth-order valence-corrected chi connectivity index (χ4v) is 2.45. The van der Waals surface area contributed by atoms with E-state index in [-0.39, 0.29) is 23.1 Å². The molecule has 108 valence electrons. The van der Waals surface area contributed by atoms with Crippen molar-refractivity contribution in [3.05, 3.63) is 51.8 Å². The molecule has 0 aliphatic rings. The minimum Gasteiger partial charge on any atom is -0.249 e. The second kappa shape index (κ2) is 5.66. The highest BCUT2D eigenvalue weighted by molar-refractivity contribution is 6.31. The first-order valence-electron chi connectivity index (χ1n) is 5.77. The van der Waals surface area contributed by atoms with Crippen LogP contribution in [0.1, 0.15) is 22.4 Å². The van der Waals surface area contributed by atoms with Gasteiger partial charge >= 0.3 is 6.18 Å². The van der Waals surface area contributed by atoms with Gasteiger partial charge in [0.15, 0.2) is 5.69 Å². The molecule has 0 bridgehead atoms. The van der Waals surface area contributed by atoms with Crippen LogP contribution in [-0.2, 0) is 18.6 Å². The number of benzene rings is 1. The van der Waals surface area contributed by atoms with Gasteiger partial charge in [-0.2, -0.15) is 18.3 Å². The van der Waals surface area contributed by atoms with Gasteiger partial charge < -0.3 is 0 Å². The zero-order chi connectivity index (χ0) is 14.9. The molecular formula is C13H11Cl2F3N2. The molecule has 0 unspecified atom stereocenters. The summed E-state index contributed by atoms with van der Waals surface area (Å²) in [6.07, 6.45) is -4.56. The molecule has 7 heteroatoms. The number of alkyl halides is 4. The van der Waals surface area contributed by atoms with Crippen LogP contribution in [0.2, 0.25) is 5.15 Å². The van der Waals surface area contributed by atoms with Crippen LogP contribution < -0.4 is 0 Å². The van der Waals surface area contributed by atoms with Crippen molar-refractivity contribution in [2.75, 3.05) is 0 Å². The maximum atomic E-state index is 12.9. The van der Waals surface area contributed by atoms with Crippen molar-refractivity contribution in [3.63, 3.8) is 0 Å². The Morgan fingerprint density at radius 1 is 1.25 bits per heavy atom. The highest BCUT2D eigenvalue weighted by Gasteiger charge is 2.38. The van der Waals surface area contributed by atoms with Crippen molar-refractivity contribution in [3.8, 4) is 0 Å². The molecule has 0 aliphatic carbocycles. The first kappa shape index (κ1) is 15.2. The summed E-state index contributed by atoms with van der Waals surface area (Å²) in [5, 5.41) is 3.49. The lowest BCUT2D eigenvalue weighted by Crippen LogP contribution is -2.10. The normalized spacial score (nSPS) is 11.9. The number of nitrogens with zero attached hydrogens (tertiary/aromatic N) is 2. The van der Waals surface area contributed by atoms with E-state index in [1.165, 1.54) is 0 Å². The van der Waals surface area contributed by atoms with Crippen LogP contribution in [0.4, 0.5) is 13.2 Å². The monoisotopic (exact) mass is 322 g/mol. The minimum atomic E-state index is -4.56. The number of halogens is 5. The van der Waals surface area contributed by atoms with Crippen LogP contribution in [-0.4, -0.2) is 9.78 Å². The summed E-state index contributed by atoms with van der Waals surface area (Å²) in [7, 11) is 0. The Balaban J connectivity index is 2.44. The number of aryl methyl sites for hydroxylation is 1. The predicted molar refractivity (Wildman–Crippen MR) is 72.1 cm³/mol. The van der Waals surface area contributed by atoms with E-state index >= 15 is 0 Å². The molecule has 0 radical (unpaired) electrons. The van der Waals surface area contributed by atoms with Gasteiger partial charge in [0.2, 0.25) is 0 Å². The van der Waals surface area contributed by atoms with E-state index in [1.54, 1.807) is 0 Å². The summed E-state index contributed by atoms with van der Waals surface area (Å²) < 4.78 is 39.7. The van der Waals surface area contributed by atoms with Crippen molar-refractivity contribution >= 4 is 23.2 Å². The first-order chi connectivity index (χ1) is 9.34. The highest BCUT2D eigenvalue weighted by atomic mass is 35.5. The molecule has 0 spiro atoms. The molecule has 0 aliphatic heterocycles. The Bertz CT molecular complexity index is 621. The van der Waals surface area contributed by atoms with Gasteiger partial charge in [-0.25, -0.2) is 4.68 Å². The molecule has 0 amide bonds. The maximum absolute atomic E-state index is 12.9. The van der Waals surface area contributed by atoms with Gasteiger partial charge in [0.25, 0.3) is 0 Å². The minimum absolute atomic E-state index is 0.0735. The van der Waals surface area contributed by atoms with E-state index in [0.29, 0.717) is 0 Å². The predicted octanol–water partition coefficient (Wildman–Crippen LogP) is 4.65. The van der Waals surface area contributed by atoms with Crippen molar-refractivity contribution in [2.45, 2.75) is 25.5 Å². The number of hydrogen-bond donors (Lipinski definition) is 0. The zero-order valence-electron chi connectivity index (χ0n) is 10.5. The standard InChI is InChI=1S/C13H11Cl2F3N2/c1-8-4-2-3-5-9(8)7-20-12(15)10(6-14)11(19-20)13(16,17)18/h2-5H,6-7H2,1H3. The number of aromatic nitrogens is 2. The molecule has 20 heavy (non-hydrogen) atoms. The molecule has 0 atom stereocenters. The van der Waals surface area contributed by atoms with Crippen molar-refractivity contribution in [1.29, 1.82) is 0 Å². The Kier molecular flexibility index (Phi) is 4.30. The molecule has 0 fully saturated rings. The van der Waals surface area contributed by atoms with Crippen molar-refractivity contribution in [2.24, 2.45) is 0 Å². The Morgan fingerprint density at radius 3 is 2.40 bits per heavy atom. The van der Waals surface area contributed by atoms with Crippen LogP contribution >= 0.6 is 23.2 Å². The lowest BCUT2D eigenvalue weighted by molar-refractivity contribution is -0.142. The Hall–Kier alpha value is -1.20. The smallest absolute Gasteiger partial charge is 0.249 e. The second-order valence-corrected chi connectivity index (χ2v) is 4.96. The van der Waals surface area contributed by atoms with Crippen molar-refractivity contribution in [1.82, 2.24) is 9.78 Å². The van der Waals surface area contributed by atoms with Gasteiger partial charge in [-0.1, -0.05) is 35.9 Å². The Labute approximate surface area is 124 Å². The van der Waals surface area contributed by atoms with Gasteiger partial charge in [0.05, 0.1) is 12.4 Å². The summed E-state index contributed by atoms with van der Waals surface area (Å²) in [5.74, 6) is -0.332. The maximum Gasteiger partial charge on any atom is 0.435 e. The number of rotatable bonds is 3. The average molecular weight is 323 g/mol. The van der Waals surface area contributed by atoms with E-state index in [2.05, 4.69) is 5.10 Å². The second-order valence-electron chi connectivity index (χ2n) is 4.33. The molecule has 2 nitrogen and oxygen atoms in total. The summed E-state index contributed by atoms with van der Waals surface area (Å²) in [6, 6.07) is 7.36. The molecule has 0 N–H and O–H groups in total. The molecule has 1 aromatic carbocycles. The summed E-state index contributed by atoms with van der Waals surface area (Å²) >= 11 is 11.5. The van der Waals surface area contributed by atoms with Crippen LogP contribution in [0.15, 0.2) is 24.3 Å². The van der Waals surface area contributed by atoms with Gasteiger partial charge in [-0.15, -0.1) is 11.6 Å². The van der Waals surface area contributed by atoms with Gasteiger partial charge in [0, 0.05) is 5.56 Å². The molecule has 0 saturated heterocycles. The average Bonchev–Trinajstić information content (AvgIpc) is 2.69. The van der Waals surface area contributed by atoms with E-state index in [1.807, 2.05) is 31.2 Å². The van der Waals surface area contributed by atoms with Gasteiger partial charge in [0.1, 0.15) is 5.15 Å². The first-order valence-corrected chi connectivity index (χ1v) is 6.68. The third-order valence-corrected chi connectivity index (χ3v) is 3.66. The van der Waals surface area contributed by atoms with Gasteiger partial charge in [-0.3, -0.25) is 0 Å². The van der Waals surface area contributed by atoms with Crippen LogP contribution in [0, 0.1) is 6.92 Å². The summed E-state index contributed by atoms with van der Waals surface area (Å²) in [5.41, 5.74) is 0.604. The fraction of sp³-hybridized carbons (Fsp3) is 0.308. The molecule has 2 aromatic rings. The molecule has 0 saturated carbocycles. The number of hydrogen-bond acceptors (Lipinski definition) is 1. The fourth-order valence-electron chi connectivity index (χ4n) is 1.88. The van der Waals surface area contributed by atoms with E-state index in [0.717, 1.165) is 15.8 Å². The lowest BCUT2D eigenvalue weighted by atomic mass is 10.1. The lowest BCUT2D eigenvalue weighted by Gasteiger charge is -2.06. The van der Waals surface area contributed by atoms with E-state index < -0.39 is 11.9 Å². The highest BCUT2D eigenvalue weighted by Crippen LogP contribution is 2.35. The third kappa shape index (κ3) is 2.94. The topological polar surface area (TPSA) is 17.8 Å². The zero-order valence-corrected chi connectivity index (χ0v) is 12.0. The Morgan fingerprint density at radius 2 is 1.90 bits per heavy atom. The van der Waals surface area contributed by atoms with Crippen LogP contribution in [0.3, 0.4) is 0 Å². The van der Waals surface area contributed by atoms with E-state index in [4.69, 9.17) is 23.2 Å². The third-order valence-electron chi connectivity index (χ3n) is 2.97. The molecule has 2 rings (SSSR count). The van der Waals surface area contributed by atoms with E-state index in [9.17, 15) is 13.2 Å². The van der Waals surface area contributed by atoms with Crippen LogP contribution in [0.5, 0.6) is 0 Å². The van der Waals surface area contributed by atoms with Crippen molar-refractivity contribution < 1.29 is 13.2 Å². The SMILES string of the molecule is Cc1ccccc1Cn1nc(C(F)(F)F)c(CCl)c1Cl. The molecule has 1 aromatic heterocycles. The molecule has 1 heterocycles. The quantitative estimate of drug-likeness (QED) is 0.752. The molecular weight excluding hydrogens is 312 g/mol. The van der Waals surface area contributed by atoms with Crippen LogP contribution in [0.25, 0.3) is 0 Å². The summed E-state index contributed by atoms with van der Waals surface area (Å²) in [4.78, 5) is 0. The largest absolute Gasteiger partial charge is 0.435 e. The van der Waals surface area contributed by atoms with Gasteiger partial charge in [-0.05, 0) is 18.1 Å². The summed E-state index contributed by atoms with van der Waals surface area (Å²) in [6.45, 7) is 2.05.